The molecule has 0 fully saturated rings. The van der Waals surface area contributed by atoms with Crippen LogP contribution < -0.4 is 0 Å². The van der Waals surface area contributed by atoms with Gasteiger partial charge in [-0.25, -0.2) is 0 Å². The molecule has 4 nitrogen and oxygen atoms in total. The van der Waals surface area contributed by atoms with Gasteiger partial charge in [-0.1, -0.05) is 36.4 Å². The van der Waals surface area contributed by atoms with Crippen molar-refractivity contribution >= 4 is 0 Å². The van der Waals surface area contributed by atoms with Crippen LogP contribution in [0.1, 0.15) is 17.2 Å². The lowest BCUT2D eigenvalue weighted by Gasteiger charge is -2.12. The van der Waals surface area contributed by atoms with E-state index in [0.717, 1.165) is 11.3 Å². The average molecular weight is 228 g/mol. The highest BCUT2D eigenvalue weighted by Gasteiger charge is 2.20. The lowest BCUT2D eigenvalue weighted by Crippen LogP contribution is -2.14. The highest BCUT2D eigenvalue weighted by Crippen LogP contribution is 2.22. The molecule has 86 valence electrons. The molecule has 17 heavy (non-hydrogen) atoms. The van der Waals surface area contributed by atoms with Crippen LogP contribution in [-0.2, 0) is 0 Å². The lowest BCUT2D eigenvalue weighted by atomic mass is 9.95. The number of hydrogen-bond donors (Lipinski definition) is 0. The van der Waals surface area contributed by atoms with Gasteiger partial charge in [0.05, 0.1) is 11.6 Å². The van der Waals surface area contributed by atoms with Gasteiger partial charge < -0.3 is 0 Å². The summed E-state index contributed by atoms with van der Waals surface area (Å²) in [4.78, 5) is 14.6. The fourth-order valence-electron chi connectivity index (χ4n) is 1.79. The van der Waals surface area contributed by atoms with Crippen molar-refractivity contribution in [3.8, 4) is 0 Å². The van der Waals surface area contributed by atoms with Gasteiger partial charge >= 0.3 is 0 Å². The van der Waals surface area contributed by atoms with Crippen molar-refractivity contribution in [1.29, 1.82) is 0 Å². The normalized spacial score (nSPS) is 12.0. The smallest absolute Gasteiger partial charge is 0.216 e. The first-order valence-corrected chi connectivity index (χ1v) is 5.35. The van der Waals surface area contributed by atoms with Gasteiger partial charge in [-0.3, -0.25) is 15.1 Å². The lowest BCUT2D eigenvalue weighted by molar-refractivity contribution is -0.482. The molecule has 0 N–H and O–H groups in total. The number of benzene rings is 1. The summed E-state index contributed by atoms with van der Waals surface area (Å²) in [6.07, 6.45) is 1.66. The predicted octanol–water partition coefficient (Wildman–Crippen LogP) is 2.49. The molecule has 1 atom stereocenters. The minimum Gasteiger partial charge on any atom is -0.265 e. The predicted molar refractivity (Wildman–Crippen MR) is 64.4 cm³/mol. The number of pyridine rings is 1. The molecule has 1 heterocycles. The number of nitrogens with zero attached hydrogens (tertiary/aromatic N) is 2. The molecule has 0 aliphatic carbocycles. The van der Waals surface area contributed by atoms with Crippen molar-refractivity contribution < 1.29 is 4.92 Å². The van der Waals surface area contributed by atoms with Gasteiger partial charge in [0.1, 0.15) is 0 Å². The Morgan fingerprint density at radius 3 is 2.41 bits per heavy atom. The summed E-state index contributed by atoms with van der Waals surface area (Å²) in [5.41, 5.74) is 1.65. The van der Waals surface area contributed by atoms with Crippen molar-refractivity contribution in [3.05, 3.63) is 76.1 Å². The van der Waals surface area contributed by atoms with Gasteiger partial charge in [-0.15, -0.1) is 0 Å². The van der Waals surface area contributed by atoms with Crippen LogP contribution in [0.3, 0.4) is 0 Å². The molecule has 2 aromatic rings. The summed E-state index contributed by atoms with van der Waals surface area (Å²) in [6, 6.07) is 14.9. The molecule has 0 bridgehead atoms. The Bertz CT molecular complexity index is 446. The second-order valence-electron chi connectivity index (χ2n) is 3.73. The first kappa shape index (κ1) is 11.3. The molecule has 2 rings (SSSR count). The van der Waals surface area contributed by atoms with E-state index < -0.39 is 0 Å². The van der Waals surface area contributed by atoms with Crippen LogP contribution >= 0.6 is 0 Å². The molecule has 0 saturated carbocycles. The largest absolute Gasteiger partial charge is 0.265 e. The van der Waals surface area contributed by atoms with Crippen molar-refractivity contribution in [3.63, 3.8) is 0 Å². The van der Waals surface area contributed by atoms with Crippen LogP contribution in [0.25, 0.3) is 0 Å². The Morgan fingerprint density at radius 2 is 1.82 bits per heavy atom. The first-order valence-electron chi connectivity index (χ1n) is 5.35. The molecule has 0 spiro atoms. The Labute approximate surface area is 99.1 Å². The highest BCUT2D eigenvalue weighted by molar-refractivity contribution is 5.28. The molecule has 0 amide bonds. The Morgan fingerprint density at radius 1 is 1.12 bits per heavy atom. The number of aromatic nitrogens is 1. The second kappa shape index (κ2) is 5.21. The third-order valence-corrected chi connectivity index (χ3v) is 2.58. The summed E-state index contributed by atoms with van der Waals surface area (Å²) in [5, 5.41) is 10.7. The van der Waals surface area contributed by atoms with E-state index in [1.807, 2.05) is 42.5 Å². The van der Waals surface area contributed by atoms with Gasteiger partial charge in [0.2, 0.25) is 6.54 Å². The minimum absolute atomic E-state index is 0.138. The van der Waals surface area contributed by atoms with E-state index in [0.29, 0.717) is 0 Å². The van der Waals surface area contributed by atoms with Gasteiger partial charge in [-0.05, 0) is 17.7 Å². The van der Waals surface area contributed by atoms with Gasteiger partial charge in [0.25, 0.3) is 0 Å². The van der Waals surface area contributed by atoms with Crippen LogP contribution in [0.5, 0.6) is 0 Å². The van der Waals surface area contributed by atoms with Crippen LogP contribution in [-0.4, -0.2) is 16.5 Å². The quantitative estimate of drug-likeness (QED) is 0.596. The molecule has 4 heteroatoms. The summed E-state index contributed by atoms with van der Waals surface area (Å²) in [6.45, 7) is -0.138. The maximum absolute atomic E-state index is 10.7. The monoisotopic (exact) mass is 228 g/mol. The zero-order chi connectivity index (χ0) is 12.1. The third kappa shape index (κ3) is 2.87. The second-order valence-corrected chi connectivity index (χ2v) is 3.73. The van der Waals surface area contributed by atoms with Crippen molar-refractivity contribution in [2.75, 3.05) is 6.54 Å². The molecule has 0 aliphatic heterocycles. The van der Waals surface area contributed by atoms with E-state index in [2.05, 4.69) is 4.98 Å². The molecule has 1 unspecified atom stereocenters. The third-order valence-electron chi connectivity index (χ3n) is 2.58. The highest BCUT2D eigenvalue weighted by atomic mass is 16.6. The number of nitro groups is 1. The van der Waals surface area contributed by atoms with Crippen molar-refractivity contribution in [2.24, 2.45) is 0 Å². The van der Waals surface area contributed by atoms with Crippen molar-refractivity contribution in [2.45, 2.75) is 5.92 Å². The van der Waals surface area contributed by atoms with E-state index >= 15 is 0 Å². The van der Waals surface area contributed by atoms with Gasteiger partial charge in [-0.2, -0.15) is 0 Å². The Balaban J connectivity index is 2.36. The first-order chi connectivity index (χ1) is 8.27. The summed E-state index contributed by atoms with van der Waals surface area (Å²) >= 11 is 0. The zero-order valence-corrected chi connectivity index (χ0v) is 9.19. The zero-order valence-electron chi connectivity index (χ0n) is 9.19. The Kier molecular flexibility index (Phi) is 3.45. The maximum Gasteiger partial charge on any atom is 0.216 e. The van der Waals surface area contributed by atoms with Crippen molar-refractivity contribution in [1.82, 2.24) is 4.98 Å². The molecule has 0 aliphatic rings. The SMILES string of the molecule is O=[N+]([O-])CC(c1ccccc1)c1ccccn1. The van der Waals surface area contributed by atoms with E-state index in [9.17, 15) is 10.1 Å². The maximum atomic E-state index is 10.7. The summed E-state index contributed by atoms with van der Waals surface area (Å²) in [5.74, 6) is -0.285. The van der Waals surface area contributed by atoms with E-state index in [-0.39, 0.29) is 17.4 Å². The van der Waals surface area contributed by atoms with E-state index in [1.165, 1.54) is 0 Å². The molecule has 0 saturated heterocycles. The molecule has 0 radical (unpaired) electrons. The average Bonchev–Trinajstić information content (AvgIpc) is 2.38. The Hall–Kier alpha value is -2.23. The number of rotatable bonds is 4. The van der Waals surface area contributed by atoms with Gasteiger partial charge in [0.15, 0.2) is 0 Å². The summed E-state index contributed by atoms with van der Waals surface area (Å²) in [7, 11) is 0. The van der Waals surface area contributed by atoms with E-state index in [1.54, 1.807) is 12.3 Å². The molecule has 1 aromatic heterocycles. The molecular formula is C13H12N2O2. The summed E-state index contributed by atoms with van der Waals surface area (Å²) < 4.78 is 0. The molecule has 1 aromatic carbocycles. The fraction of sp³-hybridized carbons (Fsp3) is 0.154. The van der Waals surface area contributed by atoms with Crippen LogP contribution in [0.15, 0.2) is 54.7 Å². The minimum atomic E-state index is -0.299. The number of hydrogen-bond acceptors (Lipinski definition) is 3. The fourth-order valence-corrected chi connectivity index (χ4v) is 1.79. The van der Waals surface area contributed by atoms with E-state index in [4.69, 9.17) is 0 Å². The standard InChI is InChI=1S/C13H12N2O2/c16-15(17)10-12(11-6-2-1-3-7-11)13-8-4-5-9-14-13/h1-9,12H,10H2. The van der Waals surface area contributed by atoms with Crippen LogP contribution in [0.4, 0.5) is 0 Å². The van der Waals surface area contributed by atoms with Crippen LogP contribution in [0, 0.1) is 10.1 Å². The molecular weight excluding hydrogens is 216 g/mol. The van der Waals surface area contributed by atoms with Gasteiger partial charge in [0, 0.05) is 11.1 Å². The topological polar surface area (TPSA) is 56.0 Å². The van der Waals surface area contributed by atoms with Crippen LogP contribution in [0.2, 0.25) is 0 Å².